The zero-order valence-corrected chi connectivity index (χ0v) is 9.72. The van der Waals surface area contributed by atoms with E-state index in [1.807, 2.05) is 0 Å². The van der Waals surface area contributed by atoms with Crippen LogP contribution in [0.3, 0.4) is 0 Å². The van der Waals surface area contributed by atoms with Crippen LogP contribution >= 0.6 is 0 Å². The van der Waals surface area contributed by atoms with Crippen LogP contribution in [-0.4, -0.2) is 25.6 Å². The molecule has 0 unspecified atom stereocenters. The van der Waals surface area contributed by atoms with Gasteiger partial charge in [0.25, 0.3) is 0 Å². The summed E-state index contributed by atoms with van der Waals surface area (Å²) in [6.45, 7) is 1.71. The lowest BCUT2D eigenvalue weighted by atomic mass is 10.1. The molecule has 3 N–H and O–H groups in total. The Balaban J connectivity index is 2.79. The molecule has 6 heteroatoms. The molecule has 0 aliphatic rings. The Labute approximate surface area is 93.2 Å². The van der Waals surface area contributed by atoms with Crippen LogP contribution in [-0.2, 0) is 10.0 Å². The SMILES string of the molecule is CNS(=O)(=O)c1ccc2[nH]c(O)cc2c1C. The molecule has 1 heterocycles. The van der Waals surface area contributed by atoms with Crippen molar-refractivity contribution in [2.24, 2.45) is 0 Å². The van der Waals surface area contributed by atoms with Crippen molar-refractivity contribution in [2.75, 3.05) is 7.05 Å². The number of benzene rings is 1. The number of hydrogen-bond acceptors (Lipinski definition) is 3. The van der Waals surface area contributed by atoms with Crippen molar-refractivity contribution in [1.82, 2.24) is 9.71 Å². The second-order valence-electron chi connectivity index (χ2n) is 3.51. The first-order valence-electron chi connectivity index (χ1n) is 4.70. The fourth-order valence-corrected chi connectivity index (χ4v) is 2.70. The second-order valence-corrected chi connectivity index (χ2v) is 5.37. The molecule has 86 valence electrons. The molecular formula is C10H12N2O3S. The number of aromatic nitrogens is 1. The van der Waals surface area contributed by atoms with E-state index in [4.69, 9.17) is 0 Å². The van der Waals surface area contributed by atoms with E-state index >= 15 is 0 Å². The maximum absolute atomic E-state index is 11.7. The van der Waals surface area contributed by atoms with Crippen molar-refractivity contribution in [1.29, 1.82) is 0 Å². The van der Waals surface area contributed by atoms with Crippen LogP contribution in [0.1, 0.15) is 5.56 Å². The van der Waals surface area contributed by atoms with Crippen molar-refractivity contribution < 1.29 is 13.5 Å². The summed E-state index contributed by atoms with van der Waals surface area (Å²) >= 11 is 0. The highest BCUT2D eigenvalue weighted by atomic mass is 32.2. The van der Waals surface area contributed by atoms with Crippen LogP contribution in [0.25, 0.3) is 10.9 Å². The normalized spacial score (nSPS) is 12.1. The van der Waals surface area contributed by atoms with Crippen molar-refractivity contribution in [2.45, 2.75) is 11.8 Å². The summed E-state index contributed by atoms with van der Waals surface area (Å²) < 4.78 is 25.6. The van der Waals surface area contributed by atoms with Gasteiger partial charge in [0, 0.05) is 17.0 Å². The largest absolute Gasteiger partial charge is 0.495 e. The molecular weight excluding hydrogens is 228 g/mol. The van der Waals surface area contributed by atoms with Gasteiger partial charge in [-0.3, -0.25) is 0 Å². The van der Waals surface area contributed by atoms with Gasteiger partial charge in [-0.2, -0.15) is 0 Å². The van der Waals surface area contributed by atoms with Gasteiger partial charge in [0.2, 0.25) is 10.0 Å². The Morgan fingerprint density at radius 1 is 1.38 bits per heavy atom. The molecule has 0 bridgehead atoms. The molecule has 0 fully saturated rings. The van der Waals surface area contributed by atoms with Crippen LogP contribution in [0.2, 0.25) is 0 Å². The van der Waals surface area contributed by atoms with E-state index in [9.17, 15) is 13.5 Å². The second kappa shape index (κ2) is 3.50. The number of sulfonamides is 1. The van der Waals surface area contributed by atoms with Gasteiger partial charge in [0.1, 0.15) is 0 Å². The van der Waals surface area contributed by atoms with Crippen molar-refractivity contribution in [3.8, 4) is 5.88 Å². The van der Waals surface area contributed by atoms with Crippen LogP contribution in [0.15, 0.2) is 23.1 Å². The molecule has 0 aliphatic carbocycles. The Kier molecular flexibility index (Phi) is 2.40. The Hall–Kier alpha value is -1.53. The van der Waals surface area contributed by atoms with E-state index < -0.39 is 10.0 Å². The molecule has 0 saturated carbocycles. The maximum atomic E-state index is 11.7. The monoisotopic (exact) mass is 240 g/mol. The summed E-state index contributed by atoms with van der Waals surface area (Å²) in [5.41, 5.74) is 1.33. The number of nitrogens with one attached hydrogen (secondary N) is 2. The van der Waals surface area contributed by atoms with E-state index in [1.54, 1.807) is 13.0 Å². The number of rotatable bonds is 2. The molecule has 2 rings (SSSR count). The van der Waals surface area contributed by atoms with Crippen molar-refractivity contribution in [3.63, 3.8) is 0 Å². The molecule has 1 aromatic heterocycles. The zero-order chi connectivity index (χ0) is 11.9. The smallest absolute Gasteiger partial charge is 0.240 e. The minimum atomic E-state index is -3.46. The van der Waals surface area contributed by atoms with Crippen LogP contribution < -0.4 is 4.72 Å². The number of H-pyrrole nitrogens is 1. The third-order valence-corrected chi connectivity index (χ3v) is 4.13. The highest BCUT2D eigenvalue weighted by Crippen LogP contribution is 2.27. The number of aromatic amines is 1. The highest BCUT2D eigenvalue weighted by molar-refractivity contribution is 7.89. The minimum absolute atomic E-state index is 0.0251. The van der Waals surface area contributed by atoms with E-state index in [2.05, 4.69) is 9.71 Å². The summed E-state index contributed by atoms with van der Waals surface area (Å²) in [5.74, 6) is 0.0251. The van der Waals surface area contributed by atoms with E-state index in [1.165, 1.54) is 19.2 Å². The fraction of sp³-hybridized carbons (Fsp3) is 0.200. The predicted octanol–water partition coefficient (Wildman–Crippen LogP) is 1.09. The standard InChI is InChI=1S/C10H12N2O3S/c1-6-7-5-10(13)12-8(7)3-4-9(6)16(14,15)11-2/h3-5,11-13H,1-2H3. The summed E-state index contributed by atoms with van der Waals surface area (Å²) in [6, 6.07) is 4.66. The highest BCUT2D eigenvalue weighted by Gasteiger charge is 2.16. The number of hydrogen-bond donors (Lipinski definition) is 3. The molecule has 0 saturated heterocycles. The molecule has 16 heavy (non-hydrogen) atoms. The van der Waals surface area contributed by atoms with Gasteiger partial charge in [-0.1, -0.05) is 0 Å². The fourth-order valence-electron chi connectivity index (χ4n) is 1.72. The molecule has 0 amide bonds. The van der Waals surface area contributed by atoms with Crippen molar-refractivity contribution in [3.05, 3.63) is 23.8 Å². The third kappa shape index (κ3) is 1.56. The Bertz CT molecular complexity index is 643. The molecule has 2 aromatic rings. The van der Waals surface area contributed by atoms with Crippen LogP contribution in [0.5, 0.6) is 5.88 Å². The lowest BCUT2D eigenvalue weighted by Gasteiger charge is -2.06. The lowest BCUT2D eigenvalue weighted by Crippen LogP contribution is -2.19. The summed E-state index contributed by atoms with van der Waals surface area (Å²) in [6.07, 6.45) is 0. The van der Waals surface area contributed by atoms with Gasteiger partial charge in [-0.15, -0.1) is 0 Å². The van der Waals surface area contributed by atoms with Gasteiger partial charge in [-0.05, 0) is 31.7 Å². The number of fused-ring (bicyclic) bond motifs is 1. The van der Waals surface area contributed by atoms with Crippen LogP contribution in [0.4, 0.5) is 0 Å². The van der Waals surface area contributed by atoms with E-state index in [0.29, 0.717) is 16.5 Å². The number of aromatic hydroxyl groups is 1. The van der Waals surface area contributed by atoms with Gasteiger partial charge in [0.05, 0.1) is 4.90 Å². The Morgan fingerprint density at radius 3 is 2.69 bits per heavy atom. The maximum Gasteiger partial charge on any atom is 0.240 e. The molecule has 0 radical (unpaired) electrons. The van der Waals surface area contributed by atoms with Gasteiger partial charge in [0.15, 0.2) is 5.88 Å². The Morgan fingerprint density at radius 2 is 2.06 bits per heavy atom. The van der Waals surface area contributed by atoms with E-state index in [-0.39, 0.29) is 10.8 Å². The summed E-state index contributed by atoms with van der Waals surface area (Å²) in [5, 5.41) is 10.0. The average molecular weight is 240 g/mol. The molecule has 0 spiro atoms. The van der Waals surface area contributed by atoms with Gasteiger partial charge >= 0.3 is 0 Å². The van der Waals surface area contributed by atoms with Gasteiger partial charge in [-0.25, -0.2) is 13.1 Å². The van der Waals surface area contributed by atoms with Gasteiger partial charge < -0.3 is 10.1 Å². The minimum Gasteiger partial charge on any atom is -0.495 e. The molecule has 1 aromatic carbocycles. The summed E-state index contributed by atoms with van der Waals surface area (Å²) in [7, 11) is -2.09. The topological polar surface area (TPSA) is 82.2 Å². The number of aryl methyl sites for hydroxylation is 1. The first-order chi connectivity index (χ1) is 7.45. The lowest BCUT2D eigenvalue weighted by molar-refractivity contribution is 0.458. The van der Waals surface area contributed by atoms with E-state index in [0.717, 1.165) is 0 Å². The quantitative estimate of drug-likeness (QED) is 0.735. The molecule has 0 aliphatic heterocycles. The zero-order valence-electron chi connectivity index (χ0n) is 8.90. The summed E-state index contributed by atoms with van der Waals surface area (Å²) in [4.78, 5) is 2.96. The average Bonchev–Trinajstić information content (AvgIpc) is 2.60. The molecule has 5 nitrogen and oxygen atoms in total. The van der Waals surface area contributed by atoms with Crippen LogP contribution in [0, 0.1) is 6.92 Å². The first-order valence-corrected chi connectivity index (χ1v) is 6.19. The predicted molar refractivity (Wildman–Crippen MR) is 60.9 cm³/mol. The first kappa shape index (κ1) is 11.0. The van der Waals surface area contributed by atoms with Crippen molar-refractivity contribution >= 4 is 20.9 Å². The third-order valence-electron chi connectivity index (χ3n) is 2.57. The molecule has 0 atom stereocenters.